The molecular weight excluding hydrogens is 318 g/mol. The van der Waals surface area contributed by atoms with Crippen molar-refractivity contribution in [3.63, 3.8) is 0 Å². The standard InChI is InChI=1S/C19H13N3O3/c1-24-19-17(22-20)18(23)13-10-12(7-9-16(13)25-19)15-8-6-11-4-2-3-5-14(11)21-15/h2-10,19H,1H3. The number of carbonyl (C=O) groups excluding carboxylic acids is 1. The summed E-state index contributed by atoms with van der Waals surface area (Å²) >= 11 is 0. The molecule has 0 saturated carbocycles. The minimum Gasteiger partial charge on any atom is -0.452 e. The Labute approximate surface area is 143 Å². The molecule has 0 aliphatic carbocycles. The van der Waals surface area contributed by atoms with E-state index in [-0.39, 0.29) is 5.71 Å². The maximum Gasteiger partial charge on any atom is 0.407 e. The van der Waals surface area contributed by atoms with Gasteiger partial charge in [0.25, 0.3) is 5.78 Å². The van der Waals surface area contributed by atoms with Crippen LogP contribution >= 0.6 is 0 Å². The fourth-order valence-corrected chi connectivity index (χ4v) is 2.86. The van der Waals surface area contributed by atoms with Gasteiger partial charge < -0.3 is 15.0 Å². The number of benzene rings is 2. The molecule has 0 saturated heterocycles. The summed E-state index contributed by atoms with van der Waals surface area (Å²) in [7, 11) is 1.38. The van der Waals surface area contributed by atoms with Crippen molar-refractivity contribution in [3.05, 3.63) is 65.7 Å². The normalized spacial score (nSPS) is 16.3. The Morgan fingerprint density at radius 3 is 2.80 bits per heavy atom. The lowest BCUT2D eigenvalue weighted by Crippen LogP contribution is -2.40. The van der Waals surface area contributed by atoms with Crippen LogP contribution in [0.2, 0.25) is 0 Å². The number of hydrogen-bond acceptors (Lipinski definition) is 4. The molecule has 0 amide bonds. The summed E-state index contributed by atoms with van der Waals surface area (Å²) in [5.41, 5.74) is 11.6. The van der Waals surface area contributed by atoms with Gasteiger partial charge in [-0.25, -0.2) is 4.98 Å². The van der Waals surface area contributed by atoms with Gasteiger partial charge >= 0.3 is 12.0 Å². The Bertz CT molecular complexity index is 1050. The third-order valence-corrected chi connectivity index (χ3v) is 4.13. The molecule has 1 unspecified atom stereocenters. The van der Waals surface area contributed by atoms with Crippen molar-refractivity contribution in [1.29, 1.82) is 0 Å². The first-order chi connectivity index (χ1) is 12.2. The van der Waals surface area contributed by atoms with Crippen LogP contribution in [0.25, 0.3) is 27.7 Å². The van der Waals surface area contributed by atoms with Crippen LogP contribution in [0.3, 0.4) is 0 Å². The highest BCUT2D eigenvalue weighted by atomic mass is 16.7. The Kier molecular flexibility index (Phi) is 3.61. The molecule has 2 heterocycles. The van der Waals surface area contributed by atoms with Crippen LogP contribution in [0.5, 0.6) is 5.75 Å². The van der Waals surface area contributed by atoms with Crippen molar-refractivity contribution in [2.75, 3.05) is 7.11 Å². The number of carbonyl (C=O) groups is 1. The summed E-state index contributed by atoms with van der Waals surface area (Å²) in [6.07, 6.45) is -1.02. The van der Waals surface area contributed by atoms with Gasteiger partial charge in [0.1, 0.15) is 5.75 Å². The molecular formula is C19H13N3O3. The molecule has 0 spiro atoms. The molecule has 1 aliphatic rings. The summed E-state index contributed by atoms with van der Waals surface area (Å²) in [4.78, 5) is 20.2. The van der Waals surface area contributed by atoms with E-state index in [4.69, 9.17) is 15.0 Å². The monoisotopic (exact) mass is 331 g/mol. The van der Waals surface area contributed by atoms with E-state index in [9.17, 15) is 4.79 Å². The Hall–Kier alpha value is -3.34. The molecule has 25 heavy (non-hydrogen) atoms. The minimum atomic E-state index is -1.02. The van der Waals surface area contributed by atoms with Crippen LogP contribution in [0.15, 0.2) is 54.6 Å². The van der Waals surface area contributed by atoms with Gasteiger partial charge in [-0.3, -0.25) is 4.79 Å². The van der Waals surface area contributed by atoms with E-state index in [2.05, 4.69) is 9.77 Å². The van der Waals surface area contributed by atoms with Crippen LogP contribution in [0.1, 0.15) is 10.4 Å². The number of hydrogen-bond donors (Lipinski definition) is 0. The first-order valence-electron chi connectivity index (χ1n) is 7.67. The van der Waals surface area contributed by atoms with Crippen LogP contribution < -0.4 is 4.74 Å². The van der Waals surface area contributed by atoms with Gasteiger partial charge in [0.2, 0.25) is 0 Å². The number of pyridine rings is 1. The predicted molar refractivity (Wildman–Crippen MR) is 91.6 cm³/mol. The Morgan fingerprint density at radius 1 is 1.16 bits per heavy atom. The highest BCUT2D eigenvalue weighted by Crippen LogP contribution is 2.31. The third kappa shape index (κ3) is 2.50. The summed E-state index contributed by atoms with van der Waals surface area (Å²) < 4.78 is 10.6. The van der Waals surface area contributed by atoms with Crippen molar-refractivity contribution in [2.24, 2.45) is 0 Å². The fraction of sp³-hybridized carbons (Fsp3) is 0.105. The van der Waals surface area contributed by atoms with E-state index in [1.54, 1.807) is 12.1 Å². The van der Waals surface area contributed by atoms with Gasteiger partial charge in [-0.1, -0.05) is 24.3 Å². The lowest BCUT2D eigenvalue weighted by atomic mass is 9.98. The first kappa shape index (κ1) is 15.2. The number of ketones is 1. The molecule has 1 aromatic heterocycles. The van der Waals surface area contributed by atoms with Crippen molar-refractivity contribution < 1.29 is 19.1 Å². The van der Waals surface area contributed by atoms with Crippen molar-refractivity contribution >= 4 is 22.4 Å². The van der Waals surface area contributed by atoms with Crippen molar-refractivity contribution in [3.8, 4) is 17.0 Å². The lowest BCUT2D eigenvalue weighted by molar-refractivity contribution is -0.0692. The fourth-order valence-electron chi connectivity index (χ4n) is 2.86. The van der Waals surface area contributed by atoms with E-state index in [0.29, 0.717) is 11.3 Å². The van der Waals surface area contributed by atoms with Crippen LogP contribution in [-0.4, -0.2) is 34.7 Å². The maximum absolute atomic E-state index is 12.5. The number of methoxy groups -OCH3 is 1. The van der Waals surface area contributed by atoms with Crippen LogP contribution in [0.4, 0.5) is 0 Å². The number of rotatable bonds is 2. The zero-order valence-electron chi connectivity index (χ0n) is 13.3. The molecule has 3 aromatic rings. The Morgan fingerprint density at radius 2 is 2.00 bits per heavy atom. The van der Waals surface area contributed by atoms with Crippen molar-refractivity contribution in [1.82, 2.24) is 4.98 Å². The molecule has 122 valence electrons. The van der Waals surface area contributed by atoms with Crippen LogP contribution in [-0.2, 0) is 4.74 Å². The maximum atomic E-state index is 12.5. The molecule has 0 N–H and O–H groups in total. The number of para-hydroxylation sites is 1. The van der Waals surface area contributed by atoms with Gasteiger partial charge in [0, 0.05) is 18.1 Å². The summed E-state index contributed by atoms with van der Waals surface area (Å²) in [6, 6.07) is 16.9. The predicted octanol–water partition coefficient (Wildman–Crippen LogP) is 3.12. The molecule has 4 rings (SSSR count). The lowest BCUT2D eigenvalue weighted by Gasteiger charge is -2.20. The molecule has 0 fully saturated rings. The quantitative estimate of drug-likeness (QED) is 0.533. The molecule has 1 aliphatic heterocycles. The van der Waals surface area contributed by atoms with Gasteiger partial charge in [-0.05, 0) is 30.3 Å². The number of ether oxygens (including phenoxy) is 2. The molecule has 0 radical (unpaired) electrons. The minimum absolute atomic E-state index is 0.182. The SMILES string of the molecule is COC1Oc2ccc(-c3ccc4ccccc4n3)cc2C(=O)C1=[N+]=[N-]. The smallest absolute Gasteiger partial charge is 0.407 e. The Balaban J connectivity index is 1.82. The second-order valence-corrected chi connectivity index (χ2v) is 5.60. The largest absolute Gasteiger partial charge is 0.452 e. The van der Waals surface area contributed by atoms with E-state index in [1.165, 1.54) is 7.11 Å². The molecule has 1 atom stereocenters. The zero-order chi connectivity index (χ0) is 17.4. The first-order valence-corrected chi connectivity index (χ1v) is 7.67. The molecule has 0 bridgehead atoms. The topological polar surface area (TPSA) is 84.8 Å². The highest BCUT2D eigenvalue weighted by Gasteiger charge is 2.41. The van der Waals surface area contributed by atoms with E-state index in [0.717, 1.165) is 22.2 Å². The molecule has 6 nitrogen and oxygen atoms in total. The zero-order valence-corrected chi connectivity index (χ0v) is 13.3. The highest BCUT2D eigenvalue weighted by molar-refractivity contribution is 6.46. The van der Waals surface area contributed by atoms with Gasteiger partial charge in [-0.2, -0.15) is 4.79 Å². The second kappa shape index (κ2) is 5.94. The average Bonchev–Trinajstić information content (AvgIpc) is 2.67. The van der Waals surface area contributed by atoms with Crippen LogP contribution in [0, 0.1) is 0 Å². The van der Waals surface area contributed by atoms with Crippen molar-refractivity contribution in [2.45, 2.75) is 6.29 Å². The van der Waals surface area contributed by atoms with Gasteiger partial charge in [0.15, 0.2) is 0 Å². The van der Waals surface area contributed by atoms with Gasteiger partial charge in [0.05, 0.1) is 16.8 Å². The van der Waals surface area contributed by atoms with E-state index >= 15 is 0 Å². The molecule has 2 aromatic carbocycles. The summed E-state index contributed by atoms with van der Waals surface area (Å²) in [5.74, 6) is -0.0490. The van der Waals surface area contributed by atoms with Gasteiger partial charge in [-0.15, -0.1) is 0 Å². The average molecular weight is 331 g/mol. The van der Waals surface area contributed by atoms with E-state index in [1.807, 2.05) is 42.5 Å². The number of nitrogens with zero attached hydrogens (tertiary/aromatic N) is 3. The summed E-state index contributed by atoms with van der Waals surface area (Å²) in [5, 5.41) is 1.04. The molecule has 6 heteroatoms. The summed E-state index contributed by atoms with van der Waals surface area (Å²) in [6.45, 7) is 0. The second-order valence-electron chi connectivity index (χ2n) is 5.60. The van der Waals surface area contributed by atoms with E-state index < -0.39 is 12.1 Å². The number of aromatic nitrogens is 1. The number of Topliss-reactive ketones (excluding diaryl/α,β-unsaturated/α-hetero) is 1. The third-order valence-electron chi connectivity index (χ3n) is 4.13. The number of fused-ring (bicyclic) bond motifs is 2.